The van der Waals surface area contributed by atoms with E-state index in [-0.39, 0.29) is 0 Å². The minimum absolute atomic E-state index is 0.422. The standard InChI is InChI=1S/C10H19BrN/c1-2-6-10(11)12-9-7-4-3-5-8-9/h9-10H,2-8H2,1H3. The molecular formula is C10H19BrN. The van der Waals surface area contributed by atoms with Crippen LogP contribution in [0.5, 0.6) is 0 Å². The third-order valence-electron chi connectivity index (χ3n) is 2.47. The highest BCUT2D eigenvalue weighted by molar-refractivity contribution is 9.09. The van der Waals surface area contributed by atoms with E-state index in [9.17, 15) is 0 Å². The first-order valence-corrected chi connectivity index (χ1v) is 6.08. The van der Waals surface area contributed by atoms with Crippen LogP contribution in [0.4, 0.5) is 0 Å². The third kappa shape index (κ3) is 3.90. The van der Waals surface area contributed by atoms with E-state index in [1.165, 1.54) is 44.9 Å². The van der Waals surface area contributed by atoms with E-state index < -0.39 is 0 Å². The minimum atomic E-state index is 0.422. The molecule has 1 fully saturated rings. The van der Waals surface area contributed by atoms with Gasteiger partial charge in [0.1, 0.15) is 0 Å². The molecule has 2 heteroatoms. The molecule has 0 bridgehead atoms. The fourth-order valence-electron chi connectivity index (χ4n) is 1.77. The highest BCUT2D eigenvalue weighted by Gasteiger charge is 2.16. The predicted molar refractivity (Wildman–Crippen MR) is 56.6 cm³/mol. The molecule has 1 radical (unpaired) electrons. The maximum Gasteiger partial charge on any atom is 0.0799 e. The lowest BCUT2D eigenvalue weighted by Crippen LogP contribution is -2.29. The molecule has 0 spiro atoms. The Hall–Kier alpha value is 0.440. The van der Waals surface area contributed by atoms with Gasteiger partial charge in [-0.2, -0.15) is 0 Å². The molecule has 12 heavy (non-hydrogen) atoms. The van der Waals surface area contributed by atoms with Gasteiger partial charge in [-0.05, 0) is 19.3 Å². The van der Waals surface area contributed by atoms with Crippen molar-refractivity contribution in [3.05, 3.63) is 0 Å². The second-order valence-electron chi connectivity index (χ2n) is 3.66. The second kappa shape index (κ2) is 5.98. The zero-order valence-electron chi connectivity index (χ0n) is 7.93. The predicted octanol–water partition coefficient (Wildman–Crippen LogP) is 3.44. The Morgan fingerprint density at radius 3 is 2.58 bits per heavy atom. The van der Waals surface area contributed by atoms with Crippen LogP contribution in [-0.2, 0) is 0 Å². The van der Waals surface area contributed by atoms with Gasteiger partial charge in [-0.1, -0.05) is 48.5 Å². The first-order valence-electron chi connectivity index (χ1n) is 5.17. The Labute approximate surface area is 84.4 Å². The van der Waals surface area contributed by atoms with Gasteiger partial charge in [-0.15, -0.1) is 0 Å². The lowest BCUT2D eigenvalue weighted by molar-refractivity contribution is 0.358. The average Bonchev–Trinajstić information content (AvgIpc) is 2.06. The molecule has 0 heterocycles. The summed E-state index contributed by atoms with van der Waals surface area (Å²) in [5.74, 6) is 0. The lowest BCUT2D eigenvalue weighted by atomic mass is 9.95. The average molecular weight is 233 g/mol. The van der Waals surface area contributed by atoms with Gasteiger partial charge in [0.05, 0.1) is 4.95 Å². The SMILES string of the molecule is CCCC(Br)[N]C1CCCCC1. The quantitative estimate of drug-likeness (QED) is 0.521. The van der Waals surface area contributed by atoms with Gasteiger partial charge < -0.3 is 0 Å². The van der Waals surface area contributed by atoms with E-state index in [1.807, 2.05) is 0 Å². The van der Waals surface area contributed by atoms with Gasteiger partial charge >= 0.3 is 0 Å². The van der Waals surface area contributed by atoms with Crippen molar-refractivity contribution < 1.29 is 0 Å². The molecule has 1 atom stereocenters. The number of nitrogens with zero attached hydrogens (tertiary/aromatic N) is 1. The summed E-state index contributed by atoms with van der Waals surface area (Å²) in [5.41, 5.74) is 0. The minimum Gasteiger partial charge on any atom is -0.224 e. The fourth-order valence-corrected chi connectivity index (χ4v) is 2.56. The summed E-state index contributed by atoms with van der Waals surface area (Å²) in [5, 5.41) is 4.74. The lowest BCUT2D eigenvalue weighted by Gasteiger charge is -2.23. The van der Waals surface area contributed by atoms with Crippen molar-refractivity contribution in [2.24, 2.45) is 0 Å². The molecule has 0 aromatic heterocycles. The summed E-state index contributed by atoms with van der Waals surface area (Å²) in [4.78, 5) is 0.422. The van der Waals surface area contributed by atoms with Crippen molar-refractivity contribution in [2.75, 3.05) is 0 Å². The molecule has 1 nitrogen and oxygen atoms in total. The summed E-state index contributed by atoms with van der Waals surface area (Å²) in [6.45, 7) is 2.21. The van der Waals surface area contributed by atoms with Crippen molar-refractivity contribution in [3.8, 4) is 0 Å². The van der Waals surface area contributed by atoms with Gasteiger partial charge in [0, 0.05) is 6.04 Å². The van der Waals surface area contributed by atoms with Crippen molar-refractivity contribution in [2.45, 2.75) is 62.9 Å². The number of hydrogen-bond acceptors (Lipinski definition) is 0. The molecule has 0 N–H and O–H groups in total. The molecule has 1 rings (SSSR count). The van der Waals surface area contributed by atoms with E-state index in [1.54, 1.807) is 0 Å². The molecule has 1 aliphatic carbocycles. The topological polar surface area (TPSA) is 14.1 Å². The first kappa shape index (κ1) is 10.5. The summed E-state index contributed by atoms with van der Waals surface area (Å²) < 4.78 is 0. The van der Waals surface area contributed by atoms with E-state index in [0.29, 0.717) is 11.0 Å². The monoisotopic (exact) mass is 232 g/mol. The third-order valence-corrected chi connectivity index (χ3v) is 3.17. The van der Waals surface area contributed by atoms with Crippen molar-refractivity contribution in [3.63, 3.8) is 0 Å². The Morgan fingerprint density at radius 1 is 1.33 bits per heavy atom. The number of halogens is 1. The largest absolute Gasteiger partial charge is 0.224 e. The van der Waals surface area contributed by atoms with Gasteiger partial charge in [-0.25, -0.2) is 5.32 Å². The summed E-state index contributed by atoms with van der Waals surface area (Å²) in [7, 11) is 0. The van der Waals surface area contributed by atoms with E-state index >= 15 is 0 Å². The van der Waals surface area contributed by atoms with Gasteiger partial charge in [0.15, 0.2) is 0 Å². The smallest absolute Gasteiger partial charge is 0.0799 e. The maximum absolute atomic E-state index is 4.74. The van der Waals surface area contributed by atoms with Crippen LogP contribution in [0.1, 0.15) is 51.9 Å². The molecule has 0 aliphatic heterocycles. The molecule has 0 aromatic carbocycles. The summed E-state index contributed by atoms with van der Waals surface area (Å²) in [6, 6.07) is 0.662. The van der Waals surface area contributed by atoms with Gasteiger partial charge in [0.25, 0.3) is 0 Å². The molecule has 1 saturated carbocycles. The van der Waals surface area contributed by atoms with Crippen LogP contribution in [0.15, 0.2) is 0 Å². The van der Waals surface area contributed by atoms with Crippen LogP contribution in [0, 0.1) is 0 Å². The van der Waals surface area contributed by atoms with E-state index in [2.05, 4.69) is 22.9 Å². The Bertz CT molecular complexity index is 110. The number of alkyl halides is 1. The van der Waals surface area contributed by atoms with Crippen molar-refractivity contribution in [1.82, 2.24) is 5.32 Å². The van der Waals surface area contributed by atoms with Gasteiger partial charge in [0.2, 0.25) is 0 Å². The molecule has 71 valence electrons. The van der Waals surface area contributed by atoms with Crippen LogP contribution in [0.2, 0.25) is 0 Å². The molecule has 1 aliphatic rings. The Kier molecular flexibility index (Phi) is 5.24. The zero-order chi connectivity index (χ0) is 8.81. The number of hydrogen-bond donors (Lipinski definition) is 0. The highest BCUT2D eigenvalue weighted by Crippen LogP contribution is 2.20. The van der Waals surface area contributed by atoms with Crippen LogP contribution in [0.25, 0.3) is 0 Å². The van der Waals surface area contributed by atoms with Crippen LogP contribution < -0.4 is 5.32 Å². The summed E-state index contributed by atoms with van der Waals surface area (Å²) >= 11 is 3.61. The summed E-state index contributed by atoms with van der Waals surface area (Å²) in [6.07, 6.45) is 9.27. The fraction of sp³-hybridized carbons (Fsp3) is 1.00. The molecular weight excluding hydrogens is 214 g/mol. The molecule has 0 amide bonds. The maximum atomic E-state index is 4.74. The molecule has 0 saturated heterocycles. The Balaban J connectivity index is 2.11. The highest BCUT2D eigenvalue weighted by atomic mass is 79.9. The molecule has 1 unspecified atom stereocenters. The van der Waals surface area contributed by atoms with Crippen LogP contribution in [0.3, 0.4) is 0 Å². The first-order chi connectivity index (χ1) is 5.83. The number of rotatable bonds is 4. The van der Waals surface area contributed by atoms with Gasteiger partial charge in [-0.3, -0.25) is 0 Å². The second-order valence-corrected chi connectivity index (χ2v) is 4.72. The zero-order valence-corrected chi connectivity index (χ0v) is 9.52. The van der Waals surface area contributed by atoms with E-state index in [0.717, 1.165) is 0 Å². The van der Waals surface area contributed by atoms with Crippen molar-refractivity contribution in [1.29, 1.82) is 0 Å². The van der Waals surface area contributed by atoms with Crippen LogP contribution in [-0.4, -0.2) is 11.0 Å². The van der Waals surface area contributed by atoms with Crippen LogP contribution >= 0.6 is 15.9 Å². The normalized spacial score (nSPS) is 22.5. The van der Waals surface area contributed by atoms with E-state index in [4.69, 9.17) is 5.32 Å². The molecule has 0 aromatic rings. The van der Waals surface area contributed by atoms with Crippen molar-refractivity contribution >= 4 is 15.9 Å². The Morgan fingerprint density at radius 2 is 2.00 bits per heavy atom.